The highest BCUT2D eigenvalue weighted by molar-refractivity contribution is 7.25. The molecule has 1 aromatic heterocycles. The van der Waals surface area contributed by atoms with Gasteiger partial charge in [-0.05, 0) is 75.8 Å². The first-order chi connectivity index (χ1) is 17.1. The predicted octanol–water partition coefficient (Wildman–Crippen LogP) is 9.77. The van der Waals surface area contributed by atoms with Crippen LogP contribution >= 0.6 is 11.3 Å². The maximum Gasteiger partial charge on any atom is 0.0391 e. The second kappa shape index (κ2) is 7.56. The summed E-state index contributed by atoms with van der Waals surface area (Å²) in [5.41, 5.74) is 10.2. The second-order valence-corrected chi connectivity index (χ2v) is 11.0. The van der Waals surface area contributed by atoms with Gasteiger partial charge in [0.25, 0.3) is 0 Å². The van der Waals surface area contributed by atoms with Gasteiger partial charge in [-0.15, -0.1) is 11.3 Å². The summed E-state index contributed by atoms with van der Waals surface area (Å²) >= 11 is 1.86. The van der Waals surface area contributed by atoms with Crippen molar-refractivity contribution in [1.29, 1.82) is 0 Å². The molecule has 6 aromatic rings. The average Bonchev–Trinajstić information content (AvgIpc) is 3.36. The molecular weight excluding hydrogens is 442 g/mol. The highest BCUT2D eigenvalue weighted by Gasteiger charge is 2.35. The molecule has 0 bridgehead atoms. The lowest BCUT2D eigenvalue weighted by atomic mass is 9.82. The summed E-state index contributed by atoms with van der Waals surface area (Å²) in [4.78, 5) is 0. The lowest BCUT2D eigenvalue weighted by Gasteiger charge is -2.21. The molecule has 168 valence electrons. The zero-order chi connectivity index (χ0) is 23.6. The molecule has 0 aliphatic heterocycles. The summed E-state index contributed by atoms with van der Waals surface area (Å²) in [7, 11) is 0. The van der Waals surface area contributed by atoms with Crippen LogP contribution in [-0.2, 0) is 5.41 Å². The third kappa shape index (κ3) is 3.21. The SMILES string of the molecule is CC1(C)c2ccc(Nc3ccc4sc5ccccc5c4c3)cc2-c2cc(-c3ccccc3)ccc21. The highest BCUT2D eigenvalue weighted by atomic mass is 32.1. The van der Waals surface area contributed by atoms with Crippen LogP contribution in [0.4, 0.5) is 11.4 Å². The maximum absolute atomic E-state index is 3.69. The van der Waals surface area contributed by atoms with Crippen LogP contribution in [0.2, 0.25) is 0 Å². The van der Waals surface area contributed by atoms with Crippen molar-refractivity contribution in [2.24, 2.45) is 0 Å². The molecule has 0 unspecified atom stereocenters. The van der Waals surface area contributed by atoms with Gasteiger partial charge in [-0.2, -0.15) is 0 Å². The average molecular weight is 468 g/mol. The smallest absolute Gasteiger partial charge is 0.0391 e. The first-order valence-electron chi connectivity index (χ1n) is 12.1. The minimum absolute atomic E-state index is 0.00703. The van der Waals surface area contributed by atoms with E-state index in [0.29, 0.717) is 0 Å². The Kier molecular flexibility index (Phi) is 4.43. The van der Waals surface area contributed by atoms with E-state index in [9.17, 15) is 0 Å². The molecule has 0 spiro atoms. The van der Waals surface area contributed by atoms with Gasteiger partial charge in [0.2, 0.25) is 0 Å². The number of benzene rings is 5. The van der Waals surface area contributed by atoms with Crippen molar-refractivity contribution >= 4 is 42.9 Å². The second-order valence-electron chi connectivity index (χ2n) is 9.95. The molecule has 1 heterocycles. The van der Waals surface area contributed by atoms with E-state index in [-0.39, 0.29) is 5.41 Å². The third-order valence-electron chi connectivity index (χ3n) is 7.45. The zero-order valence-corrected chi connectivity index (χ0v) is 20.6. The first-order valence-corrected chi connectivity index (χ1v) is 12.9. The number of hydrogen-bond donors (Lipinski definition) is 1. The van der Waals surface area contributed by atoms with Crippen molar-refractivity contribution < 1.29 is 0 Å². The Labute approximate surface area is 209 Å². The van der Waals surface area contributed by atoms with E-state index in [1.165, 1.54) is 53.6 Å². The van der Waals surface area contributed by atoms with Gasteiger partial charge in [0.15, 0.2) is 0 Å². The first kappa shape index (κ1) is 20.5. The fourth-order valence-corrected chi connectivity index (χ4v) is 6.71. The Bertz CT molecular complexity index is 1740. The molecular formula is C33H25NS. The van der Waals surface area contributed by atoms with Crippen LogP contribution in [0.1, 0.15) is 25.0 Å². The van der Waals surface area contributed by atoms with Gasteiger partial charge in [0.05, 0.1) is 0 Å². The summed E-state index contributed by atoms with van der Waals surface area (Å²) in [6.07, 6.45) is 0. The zero-order valence-electron chi connectivity index (χ0n) is 19.8. The van der Waals surface area contributed by atoms with E-state index < -0.39 is 0 Å². The number of rotatable bonds is 3. The molecule has 0 radical (unpaired) electrons. The minimum Gasteiger partial charge on any atom is -0.355 e. The molecule has 7 rings (SSSR count). The van der Waals surface area contributed by atoms with Crippen LogP contribution in [0.5, 0.6) is 0 Å². The van der Waals surface area contributed by atoms with E-state index in [2.05, 4.69) is 128 Å². The van der Waals surface area contributed by atoms with Crippen LogP contribution in [0, 0.1) is 0 Å². The van der Waals surface area contributed by atoms with Crippen LogP contribution < -0.4 is 5.32 Å². The van der Waals surface area contributed by atoms with Gasteiger partial charge < -0.3 is 5.32 Å². The third-order valence-corrected chi connectivity index (χ3v) is 8.60. The standard InChI is InChI=1S/C33H25NS/c1-33(2)29-15-12-22(21-8-4-3-5-9-21)18-26(29)27-19-23(13-16-30(27)33)34-24-14-17-32-28(20-24)25-10-6-7-11-31(25)35-32/h3-20,34H,1-2H3. The molecule has 0 saturated carbocycles. The molecule has 5 aromatic carbocycles. The Morgan fingerprint density at radius 1 is 0.543 bits per heavy atom. The molecule has 2 heteroatoms. The Morgan fingerprint density at radius 3 is 2.06 bits per heavy atom. The van der Waals surface area contributed by atoms with Crippen molar-refractivity contribution in [2.45, 2.75) is 19.3 Å². The van der Waals surface area contributed by atoms with Crippen molar-refractivity contribution in [1.82, 2.24) is 0 Å². The number of fused-ring (bicyclic) bond motifs is 6. The van der Waals surface area contributed by atoms with E-state index in [1.54, 1.807) is 0 Å². The van der Waals surface area contributed by atoms with Crippen molar-refractivity contribution in [3.8, 4) is 22.3 Å². The van der Waals surface area contributed by atoms with E-state index >= 15 is 0 Å². The summed E-state index contributed by atoms with van der Waals surface area (Å²) in [5.74, 6) is 0. The molecule has 1 nitrogen and oxygen atoms in total. The fourth-order valence-electron chi connectivity index (χ4n) is 5.63. The predicted molar refractivity (Wildman–Crippen MR) is 152 cm³/mol. The molecule has 0 fully saturated rings. The Hall–Kier alpha value is -3.88. The van der Waals surface area contributed by atoms with E-state index in [4.69, 9.17) is 0 Å². The highest BCUT2D eigenvalue weighted by Crippen LogP contribution is 2.50. The topological polar surface area (TPSA) is 12.0 Å². The fraction of sp³-hybridized carbons (Fsp3) is 0.0909. The molecule has 0 amide bonds. The van der Waals surface area contributed by atoms with E-state index in [0.717, 1.165) is 11.4 Å². The summed E-state index contributed by atoms with van der Waals surface area (Å²) in [5, 5.41) is 6.33. The maximum atomic E-state index is 3.69. The normalized spacial score (nSPS) is 13.7. The Balaban J connectivity index is 1.30. The molecule has 0 atom stereocenters. The molecule has 1 aliphatic carbocycles. The molecule has 35 heavy (non-hydrogen) atoms. The number of hydrogen-bond acceptors (Lipinski definition) is 2. The molecule has 1 N–H and O–H groups in total. The van der Waals surface area contributed by atoms with Gasteiger partial charge in [0, 0.05) is 37.0 Å². The van der Waals surface area contributed by atoms with Gasteiger partial charge in [-0.3, -0.25) is 0 Å². The van der Waals surface area contributed by atoms with Crippen molar-refractivity contribution in [3.63, 3.8) is 0 Å². The Morgan fingerprint density at radius 2 is 1.20 bits per heavy atom. The lowest BCUT2D eigenvalue weighted by Crippen LogP contribution is -2.14. The summed E-state index contributed by atoms with van der Waals surface area (Å²) in [6, 6.07) is 39.8. The monoisotopic (exact) mass is 467 g/mol. The quantitative estimate of drug-likeness (QED) is 0.273. The molecule has 1 aliphatic rings. The summed E-state index contributed by atoms with van der Waals surface area (Å²) in [6.45, 7) is 4.67. The largest absolute Gasteiger partial charge is 0.355 e. The van der Waals surface area contributed by atoms with Crippen molar-refractivity contribution in [2.75, 3.05) is 5.32 Å². The number of anilines is 2. The van der Waals surface area contributed by atoms with Crippen molar-refractivity contribution in [3.05, 3.63) is 120 Å². The van der Waals surface area contributed by atoms with Crippen LogP contribution in [0.15, 0.2) is 109 Å². The lowest BCUT2D eigenvalue weighted by molar-refractivity contribution is 0.660. The van der Waals surface area contributed by atoms with Gasteiger partial charge in [0.1, 0.15) is 0 Å². The van der Waals surface area contributed by atoms with Gasteiger partial charge >= 0.3 is 0 Å². The minimum atomic E-state index is -0.00703. The van der Waals surface area contributed by atoms with Gasteiger partial charge in [-0.25, -0.2) is 0 Å². The van der Waals surface area contributed by atoms with Gasteiger partial charge in [-0.1, -0.05) is 80.6 Å². The van der Waals surface area contributed by atoms with E-state index in [1.807, 2.05) is 11.3 Å². The van der Waals surface area contributed by atoms with Crippen LogP contribution in [-0.4, -0.2) is 0 Å². The van der Waals surface area contributed by atoms with Crippen LogP contribution in [0.25, 0.3) is 42.4 Å². The summed E-state index contributed by atoms with van der Waals surface area (Å²) < 4.78 is 2.67. The van der Waals surface area contributed by atoms with Crippen LogP contribution in [0.3, 0.4) is 0 Å². The number of thiophene rings is 1. The molecule has 0 saturated heterocycles. The number of nitrogens with one attached hydrogen (secondary N) is 1.